The van der Waals surface area contributed by atoms with E-state index in [1.165, 1.54) is 38.5 Å². The van der Waals surface area contributed by atoms with E-state index < -0.39 is 0 Å². The monoisotopic (exact) mass is 337 g/mol. The zero-order valence-electron chi connectivity index (χ0n) is 15.3. The summed E-state index contributed by atoms with van der Waals surface area (Å²) in [7, 11) is 0. The van der Waals surface area contributed by atoms with E-state index in [9.17, 15) is 0 Å². The molecule has 0 amide bonds. The number of rotatable bonds is 4. The van der Waals surface area contributed by atoms with Crippen molar-refractivity contribution in [1.82, 2.24) is 4.57 Å². The second kappa shape index (κ2) is 7.05. The van der Waals surface area contributed by atoms with Crippen LogP contribution >= 0.6 is 0 Å². The van der Waals surface area contributed by atoms with Crippen molar-refractivity contribution in [2.45, 2.75) is 20.4 Å². The SMILES string of the molecule is C/C=C\C(=C/C)Cn1c2ccccc2c2ccc(-c3ccccc3)cc21. The third kappa shape index (κ3) is 2.86. The van der Waals surface area contributed by atoms with Crippen LogP contribution in [0.2, 0.25) is 0 Å². The van der Waals surface area contributed by atoms with Crippen LogP contribution in [-0.4, -0.2) is 4.57 Å². The number of benzene rings is 3. The van der Waals surface area contributed by atoms with E-state index in [2.05, 4.69) is 109 Å². The van der Waals surface area contributed by atoms with Crippen LogP contribution in [0.4, 0.5) is 0 Å². The van der Waals surface area contributed by atoms with E-state index in [0.29, 0.717) is 0 Å². The number of fused-ring (bicyclic) bond motifs is 3. The van der Waals surface area contributed by atoms with Gasteiger partial charge < -0.3 is 4.57 Å². The third-order valence-electron chi connectivity index (χ3n) is 4.97. The predicted molar refractivity (Wildman–Crippen MR) is 113 cm³/mol. The van der Waals surface area contributed by atoms with Crippen molar-refractivity contribution < 1.29 is 0 Å². The molecule has 0 unspecified atom stereocenters. The number of aromatic nitrogens is 1. The molecule has 26 heavy (non-hydrogen) atoms. The zero-order chi connectivity index (χ0) is 17.9. The first-order valence-corrected chi connectivity index (χ1v) is 9.16. The number of nitrogens with zero attached hydrogens (tertiary/aromatic N) is 1. The van der Waals surface area contributed by atoms with Gasteiger partial charge >= 0.3 is 0 Å². The second-order valence-corrected chi connectivity index (χ2v) is 6.56. The van der Waals surface area contributed by atoms with Gasteiger partial charge in [-0.25, -0.2) is 0 Å². The van der Waals surface area contributed by atoms with E-state index >= 15 is 0 Å². The van der Waals surface area contributed by atoms with Gasteiger partial charge in [0.25, 0.3) is 0 Å². The fourth-order valence-electron chi connectivity index (χ4n) is 3.67. The molecule has 0 spiro atoms. The highest BCUT2D eigenvalue weighted by molar-refractivity contribution is 6.09. The van der Waals surface area contributed by atoms with E-state index in [-0.39, 0.29) is 0 Å². The lowest BCUT2D eigenvalue weighted by atomic mass is 10.0. The van der Waals surface area contributed by atoms with Gasteiger partial charge in [-0.15, -0.1) is 0 Å². The molecule has 0 bridgehead atoms. The fourth-order valence-corrected chi connectivity index (χ4v) is 3.67. The minimum Gasteiger partial charge on any atom is -0.336 e. The van der Waals surface area contributed by atoms with Crippen molar-refractivity contribution in [3.8, 4) is 11.1 Å². The Kier molecular flexibility index (Phi) is 4.45. The van der Waals surface area contributed by atoms with Crippen molar-refractivity contribution >= 4 is 21.8 Å². The van der Waals surface area contributed by atoms with Gasteiger partial charge in [-0.3, -0.25) is 0 Å². The number of hydrogen-bond donors (Lipinski definition) is 0. The van der Waals surface area contributed by atoms with Gasteiger partial charge in [-0.05, 0) is 42.7 Å². The summed E-state index contributed by atoms with van der Waals surface area (Å²) in [6.45, 7) is 5.06. The van der Waals surface area contributed by atoms with Gasteiger partial charge in [0.1, 0.15) is 0 Å². The van der Waals surface area contributed by atoms with E-state index in [0.717, 1.165) is 6.54 Å². The molecule has 1 aromatic heterocycles. The Hall–Kier alpha value is -3.06. The lowest BCUT2D eigenvalue weighted by Crippen LogP contribution is -1.99. The number of para-hydroxylation sites is 1. The molecule has 1 heterocycles. The standard InChI is InChI=1S/C25H23N/c1-3-10-19(4-2)18-26-24-14-9-8-13-22(24)23-16-15-21(17-25(23)26)20-11-6-5-7-12-20/h3-17H,18H2,1-2H3/b10-3-,19-4+. The van der Waals surface area contributed by atoms with Gasteiger partial charge in [0.15, 0.2) is 0 Å². The molecule has 0 aliphatic rings. The van der Waals surface area contributed by atoms with Crippen LogP contribution in [0.5, 0.6) is 0 Å². The first-order valence-electron chi connectivity index (χ1n) is 9.16. The quantitative estimate of drug-likeness (QED) is 0.354. The molecule has 0 fully saturated rings. The average molecular weight is 337 g/mol. The topological polar surface area (TPSA) is 4.93 Å². The van der Waals surface area contributed by atoms with Crippen LogP contribution in [0.25, 0.3) is 32.9 Å². The molecular formula is C25H23N. The number of allylic oxidation sites excluding steroid dienone is 4. The van der Waals surface area contributed by atoms with Gasteiger partial charge in [0.2, 0.25) is 0 Å². The molecule has 1 nitrogen and oxygen atoms in total. The van der Waals surface area contributed by atoms with Gasteiger partial charge in [-0.1, -0.05) is 78.9 Å². The van der Waals surface area contributed by atoms with Crippen LogP contribution in [0.1, 0.15) is 13.8 Å². The van der Waals surface area contributed by atoms with Gasteiger partial charge in [0, 0.05) is 22.8 Å². The minimum absolute atomic E-state index is 0.878. The highest BCUT2D eigenvalue weighted by atomic mass is 15.0. The Morgan fingerprint density at radius 1 is 0.769 bits per heavy atom. The molecule has 1 heteroatoms. The maximum atomic E-state index is 2.44. The first kappa shape index (κ1) is 16.4. The molecule has 0 atom stereocenters. The molecule has 4 aromatic rings. The molecule has 0 aliphatic carbocycles. The Balaban J connectivity index is 1.97. The van der Waals surface area contributed by atoms with Crippen LogP contribution in [0.15, 0.2) is 96.6 Å². The fraction of sp³-hybridized carbons (Fsp3) is 0.120. The summed E-state index contributed by atoms with van der Waals surface area (Å²) in [4.78, 5) is 0. The Labute approximate surface area is 154 Å². The lowest BCUT2D eigenvalue weighted by Gasteiger charge is -2.10. The normalized spacial score (nSPS) is 12.5. The van der Waals surface area contributed by atoms with Gasteiger partial charge in [0.05, 0.1) is 5.52 Å². The van der Waals surface area contributed by atoms with E-state index in [4.69, 9.17) is 0 Å². The summed E-state index contributed by atoms with van der Waals surface area (Å²) < 4.78 is 2.44. The Morgan fingerprint density at radius 3 is 2.27 bits per heavy atom. The van der Waals surface area contributed by atoms with E-state index in [1.54, 1.807) is 0 Å². The highest BCUT2D eigenvalue weighted by Gasteiger charge is 2.12. The minimum atomic E-state index is 0.878. The molecule has 128 valence electrons. The number of hydrogen-bond acceptors (Lipinski definition) is 0. The van der Waals surface area contributed by atoms with Crippen LogP contribution < -0.4 is 0 Å². The summed E-state index contributed by atoms with van der Waals surface area (Å²) in [5, 5.41) is 2.63. The van der Waals surface area contributed by atoms with E-state index in [1.807, 2.05) is 0 Å². The molecule has 0 aliphatic heterocycles. The second-order valence-electron chi connectivity index (χ2n) is 6.56. The highest BCUT2D eigenvalue weighted by Crippen LogP contribution is 2.33. The third-order valence-corrected chi connectivity index (χ3v) is 4.97. The zero-order valence-corrected chi connectivity index (χ0v) is 15.3. The summed E-state index contributed by atoms with van der Waals surface area (Å²) in [5.74, 6) is 0. The van der Waals surface area contributed by atoms with Crippen molar-refractivity contribution in [3.05, 3.63) is 96.6 Å². The Bertz CT molecular complexity index is 1110. The maximum absolute atomic E-state index is 2.44. The van der Waals surface area contributed by atoms with Crippen molar-refractivity contribution in [3.63, 3.8) is 0 Å². The molecule has 0 saturated heterocycles. The molecule has 0 saturated carbocycles. The first-order chi connectivity index (χ1) is 12.8. The van der Waals surface area contributed by atoms with Crippen molar-refractivity contribution in [2.75, 3.05) is 0 Å². The summed E-state index contributed by atoms with van der Waals surface area (Å²) >= 11 is 0. The predicted octanol–water partition coefficient (Wildman–Crippen LogP) is 6.98. The summed E-state index contributed by atoms with van der Waals surface area (Å²) in [5.41, 5.74) is 6.41. The van der Waals surface area contributed by atoms with Crippen molar-refractivity contribution in [2.24, 2.45) is 0 Å². The summed E-state index contributed by atoms with van der Waals surface area (Å²) in [6, 6.07) is 26.1. The lowest BCUT2D eigenvalue weighted by molar-refractivity contribution is 0.866. The van der Waals surface area contributed by atoms with Crippen molar-refractivity contribution in [1.29, 1.82) is 0 Å². The van der Waals surface area contributed by atoms with Gasteiger partial charge in [-0.2, -0.15) is 0 Å². The molecule has 4 rings (SSSR count). The largest absolute Gasteiger partial charge is 0.336 e. The van der Waals surface area contributed by atoms with Crippen LogP contribution in [0, 0.1) is 0 Å². The van der Waals surface area contributed by atoms with Crippen LogP contribution in [-0.2, 0) is 6.54 Å². The van der Waals surface area contributed by atoms with Crippen LogP contribution in [0.3, 0.4) is 0 Å². The molecule has 0 radical (unpaired) electrons. The summed E-state index contributed by atoms with van der Waals surface area (Å²) in [6.07, 6.45) is 6.50. The Morgan fingerprint density at radius 2 is 1.50 bits per heavy atom. The maximum Gasteiger partial charge on any atom is 0.0500 e. The molecule has 3 aromatic carbocycles. The smallest absolute Gasteiger partial charge is 0.0500 e. The average Bonchev–Trinajstić information content (AvgIpc) is 3.01. The molecular weight excluding hydrogens is 314 g/mol. The molecule has 0 N–H and O–H groups in total.